The maximum absolute atomic E-state index is 13.8. The standard InChI is InChI=1S/C15H21FN2O2/c1-2-18(10-11-5-7-17-8-6-11)15(20)13-4-3-12(19)9-14(13)16/h3-4,9,11,17,19H,2,5-8,10H2,1H3. The Balaban J connectivity index is 2.07. The zero-order valence-electron chi connectivity index (χ0n) is 11.7. The second-order valence-electron chi connectivity index (χ2n) is 5.20. The first kappa shape index (κ1) is 14.8. The third kappa shape index (κ3) is 3.48. The van der Waals surface area contributed by atoms with Crippen LogP contribution < -0.4 is 5.32 Å². The Bertz CT molecular complexity index is 473. The van der Waals surface area contributed by atoms with Gasteiger partial charge in [-0.15, -0.1) is 0 Å². The van der Waals surface area contributed by atoms with Crippen LogP contribution in [-0.2, 0) is 0 Å². The van der Waals surface area contributed by atoms with Gasteiger partial charge in [0.1, 0.15) is 11.6 Å². The van der Waals surface area contributed by atoms with Crippen LogP contribution >= 0.6 is 0 Å². The quantitative estimate of drug-likeness (QED) is 0.887. The number of hydrogen-bond acceptors (Lipinski definition) is 3. The predicted octanol–water partition coefficient (Wildman–Crippen LogP) is 1.99. The van der Waals surface area contributed by atoms with Crippen LogP contribution in [0.15, 0.2) is 18.2 Å². The summed E-state index contributed by atoms with van der Waals surface area (Å²) < 4.78 is 13.8. The maximum Gasteiger partial charge on any atom is 0.256 e. The second kappa shape index (κ2) is 6.70. The Hall–Kier alpha value is -1.62. The summed E-state index contributed by atoms with van der Waals surface area (Å²) in [6.07, 6.45) is 2.09. The fourth-order valence-corrected chi connectivity index (χ4v) is 2.58. The van der Waals surface area contributed by atoms with Crippen LogP contribution in [0.3, 0.4) is 0 Å². The molecule has 1 amide bonds. The number of benzene rings is 1. The van der Waals surface area contributed by atoms with E-state index in [2.05, 4.69) is 5.32 Å². The zero-order valence-corrected chi connectivity index (χ0v) is 11.7. The number of nitrogens with one attached hydrogen (secondary N) is 1. The van der Waals surface area contributed by atoms with E-state index in [1.54, 1.807) is 4.90 Å². The highest BCUT2D eigenvalue weighted by Gasteiger charge is 2.22. The Morgan fingerprint density at radius 1 is 1.45 bits per heavy atom. The Kier molecular flexibility index (Phi) is 4.95. The molecule has 4 nitrogen and oxygen atoms in total. The molecule has 0 aliphatic carbocycles. The van der Waals surface area contributed by atoms with Crippen molar-refractivity contribution >= 4 is 5.91 Å². The van der Waals surface area contributed by atoms with Crippen molar-refractivity contribution in [1.29, 1.82) is 0 Å². The van der Waals surface area contributed by atoms with E-state index < -0.39 is 5.82 Å². The number of rotatable bonds is 4. The van der Waals surface area contributed by atoms with Gasteiger partial charge in [0, 0.05) is 19.2 Å². The van der Waals surface area contributed by atoms with Gasteiger partial charge in [-0.05, 0) is 50.9 Å². The number of carbonyl (C=O) groups excluding carboxylic acids is 1. The molecule has 5 heteroatoms. The van der Waals surface area contributed by atoms with Crippen LogP contribution in [0.2, 0.25) is 0 Å². The minimum Gasteiger partial charge on any atom is -0.508 e. The van der Waals surface area contributed by atoms with Crippen molar-refractivity contribution in [2.24, 2.45) is 5.92 Å². The molecule has 20 heavy (non-hydrogen) atoms. The monoisotopic (exact) mass is 280 g/mol. The van der Waals surface area contributed by atoms with Gasteiger partial charge in [-0.2, -0.15) is 0 Å². The molecule has 1 fully saturated rings. The minimum absolute atomic E-state index is 0.0265. The maximum atomic E-state index is 13.8. The first-order valence-electron chi connectivity index (χ1n) is 7.10. The van der Waals surface area contributed by atoms with Crippen LogP contribution in [-0.4, -0.2) is 42.1 Å². The SMILES string of the molecule is CCN(CC1CCNCC1)C(=O)c1ccc(O)cc1F. The smallest absolute Gasteiger partial charge is 0.256 e. The summed E-state index contributed by atoms with van der Waals surface area (Å²) in [7, 11) is 0. The molecule has 0 unspecified atom stereocenters. The molecule has 0 spiro atoms. The van der Waals surface area contributed by atoms with Gasteiger partial charge >= 0.3 is 0 Å². The Labute approximate surface area is 118 Å². The number of phenols is 1. The number of halogens is 1. The average Bonchev–Trinajstić information content (AvgIpc) is 2.45. The lowest BCUT2D eigenvalue weighted by Gasteiger charge is -2.29. The van der Waals surface area contributed by atoms with E-state index in [0.717, 1.165) is 32.0 Å². The molecule has 0 radical (unpaired) electrons. The van der Waals surface area contributed by atoms with Crippen molar-refractivity contribution in [2.45, 2.75) is 19.8 Å². The molecular weight excluding hydrogens is 259 g/mol. The van der Waals surface area contributed by atoms with Gasteiger partial charge in [0.15, 0.2) is 0 Å². The van der Waals surface area contributed by atoms with Crippen molar-refractivity contribution in [1.82, 2.24) is 10.2 Å². The fraction of sp³-hybridized carbons (Fsp3) is 0.533. The zero-order chi connectivity index (χ0) is 14.5. The molecule has 1 aromatic carbocycles. The molecule has 110 valence electrons. The number of amides is 1. The number of piperidine rings is 1. The first-order chi connectivity index (χ1) is 9.61. The summed E-state index contributed by atoms with van der Waals surface area (Å²) >= 11 is 0. The van der Waals surface area contributed by atoms with Gasteiger partial charge in [0.2, 0.25) is 0 Å². The molecule has 0 aromatic heterocycles. The molecule has 0 saturated carbocycles. The van der Waals surface area contributed by atoms with Crippen molar-refractivity contribution in [3.63, 3.8) is 0 Å². The second-order valence-corrected chi connectivity index (χ2v) is 5.20. The molecule has 1 heterocycles. The number of carbonyl (C=O) groups is 1. The predicted molar refractivity (Wildman–Crippen MR) is 75.2 cm³/mol. The fourth-order valence-electron chi connectivity index (χ4n) is 2.58. The molecular formula is C15H21FN2O2. The van der Waals surface area contributed by atoms with E-state index in [9.17, 15) is 14.3 Å². The highest BCUT2D eigenvalue weighted by atomic mass is 19.1. The van der Waals surface area contributed by atoms with E-state index in [0.29, 0.717) is 19.0 Å². The first-order valence-corrected chi connectivity index (χ1v) is 7.10. The number of nitrogens with zero attached hydrogens (tertiary/aromatic N) is 1. The van der Waals surface area contributed by atoms with E-state index in [1.165, 1.54) is 12.1 Å². The van der Waals surface area contributed by atoms with Gasteiger partial charge in [0.05, 0.1) is 5.56 Å². The highest BCUT2D eigenvalue weighted by molar-refractivity contribution is 5.94. The largest absolute Gasteiger partial charge is 0.508 e. The van der Waals surface area contributed by atoms with Crippen LogP contribution in [0.5, 0.6) is 5.75 Å². The number of hydrogen-bond donors (Lipinski definition) is 2. The molecule has 1 aliphatic heterocycles. The van der Waals surface area contributed by atoms with E-state index in [4.69, 9.17) is 0 Å². The number of phenolic OH excluding ortho intramolecular Hbond substituents is 1. The van der Waals surface area contributed by atoms with Crippen molar-refractivity contribution in [3.05, 3.63) is 29.6 Å². The van der Waals surface area contributed by atoms with Gasteiger partial charge in [-0.1, -0.05) is 0 Å². The molecule has 1 aliphatic rings. The van der Waals surface area contributed by atoms with E-state index >= 15 is 0 Å². The van der Waals surface area contributed by atoms with Crippen molar-refractivity contribution in [2.75, 3.05) is 26.2 Å². The van der Waals surface area contributed by atoms with Gasteiger partial charge in [-0.25, -0.2) is 4.39 Å². The lowest BCUT2D eigenvalue weighted by Crippen LogP contribution is -2.39. The third-order valence-electron chi connectivity index (χ3n) is 3.79. The molecule has 2 rings (SSSR count). The van der Waals surface area contributed by atoms with E-state index in [1.807, 2.05) is 6.92 Å². The minimum atomic E-state index is -0.668. The van der Waals surface area contributed by atoms with E-state index in [-0.39, 0.29) is 17.2 Å². The van der Waals surface area contributed by atoms with Crippen molar-refractivity contribution in [3.8, 4) is 5.75 Å². The molecule has 1 aromatic rings. The summed E-state index contributed by atoms with van der Waals surface area (Å²) in [5.41, 5.74) is 0.0265. The van der Waals surface area contributed by atoms with Crippen LogP contribution in [0.4, 0.5) is 4.39 Å². The van der Waals surface area contributed by atoms with Crippen LogP contribution in [0, 0.1) is 11.7 Å². The Morgan fingerprint density at radius 3 is 2.75 bits per heavy atom. The summed E-state index contributed by atoms with van der Waals surface area (Å²) in [4.78, 5) is 14.1. The lowest BCUT2D eigenvalue weighted by atomic mass is 9.97. The van der Waals surface area contributed by atoms with Crippen molar-refractivity contribution < 1.29 is 14.3 Å². The van der Waals surface area contributed by atoms with Gasteiger partial charge in [0.25, 0.3) is 5.91 Å². The average molecular weight is 280 g/mol. The molecule has 2 N–H and O–H groups in total. The van der Waals surface area contributed by atoms with Crippen LogP contribution in [0.25, 0.3) is 0 Å². The summed E-state index contributed by atoms with van der Waals surface area (Å²) in [5, 5.41) is 12.5. The van der Waals surface area contributed by atoms with Gasteiger partial charge < -0.3 is 15.3 Å². The molecule has 0 atom stereocenters. The van der Waals surface area contributed by atoms with Crippen LogP contribution in [0.1, 0.15) is 30.1 Å². The summed E-state index contributed by atoms with van der Waals surface area (Å²) in [5.74, 6) is -0.664. The Morgan fingerprint density at radius 2 is 2.15 bits per heavy atom. The third-order valence-corrected chi connectivity index (χ3v) is 3.79. The van der Waals surface area contributed by atoms with Gasteiger partial charge in [-0.3, -0.25) is 4.79 Å². The topological polar surface area (TPSA) is 52.6 Å². The molecule has 1 saturated heterocycles. The summed E-state index contributed by atoms with van der Waals surface area (Å²) in [6, 6.07) is 3.67. The molecule has 0 bridgehead atoms. The number of aromatic hydroxyl groups is 1. The lowest BCUT2D eigenvalue weighted by molar-refractivity contribution is 0.0722. The normalized spacial score (nSPS) is 16.1. The summed E-state index contributed by atoms with van der Waals surface area (Å²) in [6.45, 7) is 5.08. The highest BCUT2D eigenvalue weighted by Crippen LogP contribution is 2.19.